The van der Waals surface area contributed by atoms with Gasteiger partial charge in [-0.25, -0.2) is 4.98 Å². The SMILES string of the molecule is O=C(O)C1CCCN(c2cc(-c3nc(-c4cccs4)no3)ccn2)C1. The van der Waals surface area contributed by atoms with Crippen molar-refractivity contribution in [1.29, 1.82) is 0 Å². The topological polar surface area (TPSA) is 92.3 Å². The van der Waals surface area contributed by atoms with Gasteiger partial charge in [-0.3, -0.25) is 4.79 Å². The van der Waals surface area contributed by atoms with Gasteiger partial charge in [0.15, 0.2) is 0 Å². The van der Waals surface area contributed by atoms with E-state index in [1.165, 1.54) is 0 Å². The van der Waals surface area contributed by atoms with Gasteiger partial charge in [0.2, 0.25) is 5.82 Å². The van der Waals surface area contributed by atoms with E-state index >= 15 is 0 Å². The van der Waals surface area contributed by atoms with Crippen LogP contribution in [-0.2, 0) is 4.79 Å². The fraction of sp³-hybridized carbons (Fsp3) is 0.294. The molecule has 3 aromatic heterocycles. The zero-order valence-electron chi connectivity index (χ0n) is 13.3. The van der Waals surface area contributed by atoms with Crippen LogP contribution in [0.3, 0.4) is 0 Å². The van der Waals surface area contributed by atoms with Gasteiger partial charge in [0.1, 0.15) is 5.82 Å². The predicted molar refractivity (Wildman–Crippen MR) is 93.4 cm³/mol. The molecular weight excluding hydrogens is 340 g/mol. The summed E-state index contributed by atoms with van der Waals surface area (Å²) in [6.45, 7) is 1.26. The van der Waals surface area contributed by atoms with E-state index in [1.807, 2.05) is 34.5 Å². The van der Waals surface area contributed by atoms with Crippen molar-refractivity contribution >= 4 is 23.1 Å². The van der Waals surface area contributed by atoms with Crippen LogP contribution in [0.5, 0.6) is 0 Å². The molecule has 0 aromatic carbocycles. The molecule has 0 spiro atoms. The monoisotopic (exact) mass is 356 g/mol. The number of aliphatic carboxylic acids is 1. The predicted octanol–water partition coefficient (Wildman–Crippen LogP) is 3.16. The van der Waals surface area contributed by atoms with Crippen LogP contribution in [0.2, 0.25) is 0 Å². The summed E-state index contributed by atoms with van der Waals surface area (Å²) in [5.41, 5.74) is 0.776. The maximum absolute atomic E-state index is 11.3. The van der Waals surface area contributed by atoms with Crippen molar-refractivity contribution in [3.05, 3.63) is 35.8 Å². The Morgan fingerprint density at radius 3 is 3.12 bits per heavy atom. The van der Waals surface area contributed by atoms with Gasteiger partial charge in [0, 0.05) is 24.8 Å². The number of carbonyl (C=O) groups is 1. The van der Waals surface area contributed by atoms with Crippen LogP contribution in [0.1, 0.15) is 12.8 Å². The summed E-state index contributed by atoms with van der Waals surface area (Å²) in [4.78, 5) is 23.0. The molecule has 0 radical (unpaired) electrons. The summed E-state index contributed by atoms with van der Waals surface area (Å²) >= 11 is 1.55. The van der Waals surface area contributed by atoms with Crippen LogP contribution in [0, 0.1) is 5.92 Å². The molecule has 1 unspecified atom stereocenters. The molecule has 1 N–H and O–H groups in total. The van der Waals surface area contributed by atoms with Crippen molar-refractivity contribution in [3.8, 4) is 22.2 Å². The van der Waals surface area contributed by atoms with E-state index in [-0.39, 0.29) is 5.92 Å². The smallest absolute Gasteiger partial charge is 0.308 e. The summed E-state index contributed by atoms with van der Waals surface area (Å²) in [5.74, 6) is 0.622. The number of piperidine rings is 1. The molecule has 4 rings (SSSR count). The van der Waals surface area contributed by atoms with Gasteiger partial charge in [0.25, 0.3) is 5.89 Å². The third kappa shape index (κ3) is 3.25. The largest absolute Gasteiger partial charge is 0.481 e. The Morgan fingerprint density at radius 1 is 1.40 bits per heavy atom. The third-order valence-corrected chi connectivity index (χ3v) is 5.12. The standard InChI is InChI=1S/C17H16N4O3S/c22-17(23)12-3-1-7-21(10-12)14-9-11(5-6-18-14)16-19-15(20-24-16)13-4-2-8-25-13/h2,4-6,8-9,12H,1,3,7,10H2,(H,22,23). The van der Waals surface area contributed by atoms with Gasteiger partial charge in [-0.2, -0.15) is 4.98 Å². The molecule has 8 heteroatoms. The molecule has 0 amide bonds. The normalized spacial score (nSPS) is 17.6. The van der Waals surface area contributed by atoms with E-state index < -0.39 is 5.97 Å². The number of hydrogen-bond donors (Lipinski definition) is 1. The Bertz CT molecular complexity index is 878. The van der Waals surface area contributed by atoms with E-state index in [4.69, 9.17) is 4.52 Å². The van der Waals surface area contributed by atoms with E-state index in [1.54, 1.807) is 17.5 Å². The molecule has 1 aliphatic heterocycles. The molecule has 1 fully saturated rings. The van der Waals surface area contributed by atoms with Gasteiger partial charge >= 0.3 is 5.97 Å². The highest BCUT2D eigenvalue weighted by atomic mass is 32.1. The molecule has 1 saturated heterocycles. The number of nitrogens with zero attached hydrogens (tertiary/aromatic N) is 4. The molecule has 3 aromatic rings. The minimum atomic E-state index is -0.752. The molecule has 7 nitrogen and oxygen atoms in total. The molecule has 0 saturated carbocycles. The Kier molecular flexibility index (Phi) is 4.19. The maximum atomic E-state index is 11.3. The highest BCUT2D eigenvalue weighted by molar-refractivity contribution is 7.13. The second-order valence-corrected chi connectivity index (χ2v) is 6.87. The van der Waals surface area contributed by atoms with Crippen molar-refractivity contribution in [1.82, 2.24) is 15.1 Å². The molecule has 4 heterocycles. The number of aromatic nitrogens is 3. The lowest BCUT2D eigenvalue weighted by atomic mass is 9.98. The van der Waals surface area contributed by atoms with Crippen LogP contribution < -0.4 is 4.90 Å². The molecular formula is C17H16N4O3S. The van der Waals surface area contributed by atoms with E-state index in [2.05, 4.69) is 15.1 Å². The summed E-state index contributed by atoms with van der Waals surface area (Å²) in [7, 11) is 0. The van der Waals surface area contributed by atoms with Crippen molar-refractivity contribution in [2.75, 3.05) is 18.0 Å². The summed E-state index contributed by atoms with van der Waals surface area (Å²) in [5, 5.41) is 15.2. The van der Waals surface area contributed by atoms with Crippen molar-refractivity contribution in [3.63, 3.8) is 0 Å². The minimum absolute atomic E-state index is 0.354. The van der Waals surface area contributed by atoms with Crippen LogP contribution >= 0.6 is 11.3 Å². The van der Waals surface area contributed by atoms with Crippen molar-refractivity contribution in [2.24, 2.45) is 5.92 Å². The number of anilines is 1. The number of carboxylic acids is 1. The highest BCUT2D eigenvalue weighted by Crippen LogP contribution is 2.28. The van der Waals surface area contributed by atoms with Crippen LogP contribution in [0.15, 0.2) is 40.4 Å². The number of hydrogen-bond acceptors (Lipinski definition) is 7. The van der Waals surface area contributed by atoms with E-state index in [0.29, 0.717) is 24.7 Å². The van der Waals surface area contributed by atoms with Gasteiger partial charge in [-0.1, -0.05) is 11.2 Å². The first-order valence-corrected chi connectivity index (χ1v) is 8.90. The molecule has 0 aliphatic carbocycles. The van der Waals surface area contributed by atoms with E-state index in [9.17, 15) is 9.90 Å². The second-order valence-electron chi connectivity index (χ2n) is 5.93. The lowest BCUT2D eigenvalue weighted by Crippen LogP contribution is -2.39. The van der Waals surface area contributed by atoms with Gasteiger partial charge in [-0.05, 0) is 36.4 Å². The van der Waals surface area contributed by atoms with Crippen molar-refractivity contribution < 1.29 is 14.4 Å². The maximum Gasteiger partial charge on any atom is 0.308 e. The number of carboxylic acid groups (broad SMARTS) is 1. The molecule has 25 heavy (non-hydrogen) atoms. The fourth-order valence-electron chi connectivity index (χ4n) is 2.96. The van der Waals surface area contributed by atoms with Gasteiger partial charge < -0.3 is 14.5 Å². The Hall–Kier alpha value is -2.74. The molecule has 128 valence electrons. The van der Waals surface area contributed by atoms with Gasteiger partial charge in [0.05, 0.1) is 10.8 Å². The van der Waals surface area contributed by atoms with Crippen LogP contribution in [0.4, 0.5) is 5.82 Å². The van der Waals surface area contributed by atoms with Gasteiger partial charge in [-0.15, -0.1) is 11.3 Å². The lowest BCUT2D eigenvalue weighted by Gasteiger charge is -2.31. The summed E-state index contributed by atoms with van der Waals surface area (Å²) < 4.78 is 5.38. The Labute approximate surface area is 147 Å². The number of thiophene rings is 1. The first-order chi connectivity index (χ1) is 12.2. The minimum Gasteiger partial charge on any atom is -0.481 e. The lowest BCUT2D eigenvalue weighted by molar-refractivity contribution is -0.141. The second kappa shape index (κ2) is 6.64. The van der Waals surface area contributed by atoms with Crippen molar-refractivity contribution in [2.45, 2.75) is 12.8 Å². The summed E-state index contributed by atoms with van der Waals surface area (Å²) in [6, 6.07) is 7.57. The van der Waals surface area contributed by atoms with E-state index in [0.717, 1.165) is 29.2 Å². The molecule has 0 bridgehead atoms. The first-order valence-electron chi connectivity index (χ1n) is 8.02. The van der Waals surface area contributed by atoms with Crippen LogP contribution in [0.25, 0.3) is 22.2 Å². The number of pyridine rings is 1. The highest BCUT2D eigenvalue weighted by Gasteiger charge is 2.26. The Balaban J connectivity index is 1.58. The molecule has 1 atom stereocenters. The number of rotatable bonds is 4. The quantitative estimate of drug-likeness (QED) is 0.767. The first kappa shape index (κ1) is 15.8. The van der Waals surface area contributed by atoms with Crippen LogP contribution in [-0.4, -0.2) is 39.3 Å². The fourth-order valence-corrected chi connectivity index (χ4v) is 3.61. The zero-order valence-corrected chi connectivity index (χ0v) is 14.1. The third-order valence-electron chi connectivity index (χ3n) is 4.25. The Morgan fingerprint density at radius 2 is 2.32 bits per heavy atom. The molecule has 1 aliphatic rings. The average molecular weight is 356 g/mol. The average Bonchev–Trinajstić information content (AvgIpc) is 3.33. The summed E-state index contributed by atoms with van der Waals surface area (Å²) in [6.07, 6.45) is 3.23. The zero-order chi connectivity index (χ0) is 17.2.